The topological polar surface area (TPSA) is 255 Å². The zero-order valence-electron chi connectivity index (χ0n) is 13.9. The predicted molar refractivity (Wildman–Crippen MR) is 99.8 cm³/mol. The van der Waals surface area contributed by atoms with E-state index < -0.39 is 0 Å². The number of hydrogen-bond acceptors (Lipinski definition) is 6. The van der Waals surface area contributed by atoms with Crippen LogP contribution in [0.5, 0.6) is 0 Å². The molecule has 0 aliphatic heterocycles. The molecule has 4 rings (SSSR count). The van der Waals surface area contributed by atoms with Crippen molar-refractivity contribution in [2.75, 3.05) is 0 Å². The first-order valence-electron chi connectivity index (χ1n) is 5.99. The Kier molecular flexibility index (Phi) is 12.8. The standard InChI is InChI=1S/C13H6ClN5O2.Na.5H2O/c14-9-5-6(12-16-18-19-17-12)4-8-10(20)7-2-1-3-15-13(7)21-11(8)9;;;;;;/h1-5H,(H,16,17,18,19);;5*1H2. The van der Waals surface area contributed by atoms with E-state index in [0.717, 1.165) is 0 Å². The third kappa shape index (κ3) is 5.04. The number of fused-ring (bicyclic) bond motifs is 2. The first-order chi connectivity index (χ1) is 10.2. The smallest absolute Gasteiger partial charge is 0.230 e. The van der Waals surface area contributed by atoms with Gasteiger partial charge in [-0.15, -0.1) is 10.2 Å². The number of tetrazole rings is 1. The molecule has 11 N–H and O–H groups in total. The molecular formula is C13H16ClN5NaO7. The van der Waals surface area contributed by atoms with Gasteiger partial charge in [-0.05, 0) is 29.5 Å². The number of hydrogen-bond donors (Lipinski definition) is 1. The molecule has 27 heavy (non-hydrogen) atoms. The number of pyridine rings is 1. The van der Waals surface area contributed by atoms with Crippen molar-refractivity contribution in [3.8, 4) is 11.4 Å². The van der Waals surface area contributed by atoms with Gasteiger partial charge in [-0.2, -0.15) is 5.21 Å². The fourth-order valence-electron chi connectivity index (χ4n) is 2.17. The van der Waals surface area contributed by atoms with Gasteiger partial charge in [0.2, 0.25) is 17.0 Å². The van der Waals surface area contributed by atoms with Crippen LogP contribution in [0, 0.1) is 0 Å². The molecule has 0 atom stereocenters. The van der Waals surface area contributed by atoms with E-state index in [1.54, 1.807) is 30.5 Å². The second-order valence-corrected chi connectivity index (χ2v) is 4.76. The minimum absolute atomic E-state index is 0. The molecule has 0 fully saturated rings. The van der Waals surface area contributed by atoms with Crippen molar-refractivity contribution in [1.82, 2.24) is 25.6 Å². The molecule has 0 unspecified atom stereocenters. The second-order valence-electron chi connectivity index (χ2n) is 4.36. The molecule has 3 aromatic heterocycles. The summed E-state index contributed by atoms with van der Waals surface area (Å²) in [6.07, 6.45) is 1.55. The maximum Gasteiger partial charge on any atom is 0.230 e. The number of aromatic nitrogens is 5. The van der Waals surface area contributed by atoms with Crippen molar-refractivity contribution in [3.05, 3.63) is 45.7 Å². The van der Waals surface area contributed by atoms with E-state index in [-0.39, 0.29) is 73.1 Å². The molecule has 1 aromatic carbocycles. The summed E-state index contributed by atoms with van der Waals surface area (Å²) in [5.41, 5.74) is 0.924. The van der Waals surface area contributed by atoms with Gasteiger partial charge in [0.25, 0.3) is 0 Å². The number of nitrogens with one attached hydrogen (secondary N) is 1. The molecule has 0 spiro atoms. The average Bonchev–Trinajstić information content (AvgIpc) is 3.03. The van der Waals surface area contributed by atoms with Gasteiger partial charge in [0.05, 0.1) is 15.8 Å². The number of nitrogens with zero attached hydrogens (tertiary/aromatic N) is 4. The molecule has 0 amide bonds. The molecule has 0 aliphatic carbocycles. The average molecular weight is 413 g/mol. The Labute approximate surface area is 177 Å². The van der Waals surface area contributed by atoms with Crippen molar-refractivity contribution in [3.63, 3.8) is 0 Å². The molecule has 0 saturated heterocycles. The van der Waals surface area contributed by atoms with Gasteiger partial charge in [0, 0.05) is 41.3 Å². The molecule has 143 valence electrons. The van der Waals surface area contributed by atoms with Crippen LogP contribution in [0.2, 0.25) is 5.02 Å². The molecule has 3 heterocycles. The predicted octanol–water partition coefficient (Wildman–Crippen LogP) is -2.33. The number of rotatable bonds is 1. The van der Waals surface area contributed by atoms with E-state index in [1.165, 1.54) is 0 Å². The van der Waals surface area contributed by atoms with Crippen LogP contribution < -0.4 is 5.43 Å². The van der Waals surface area contributed by atoms with Crippen molar-refractivity contribution in [2.24, 2.45) is 0 Å². The van der Waals surface area contributed by atoms with Gasteiger partial charge in [0.1, 0.15) is 0 Å². The van der Waals surface area contributed by atoms with Gasteiger partial charge >= 0.3 is 0 Å². The summed E-state index contributed by atoms with van der Waals surface area (Å²) in [5, 5.41) is 14.6. The first-order valence-corrected chi connectivity index (χ1v) is 6.37. The quantitative estimate of drug-likeness (QED) is 0.264. The zero-order valence-corrected chi connectivity index (χ0v) is 16.6. The fraction of sp³-hybridized carbons (Fsp3) is 0. The van der Waals surface area contributed by atoms with Crippen LogP contribution in [0.25, 0.3) is 33.5 Å². The van der Waals surface area contributed by atoms with Crippen LogP contribution >= 0.6 is 11.6 Å². The Hall–Kier alpha value is -2.00. The summed E-state index contributed by atoms with van der Waals surface area (Å²) < 4.78 is 5.62. The Morgan fingerprint density at radius 3 is 2.37 bits per heavy atom. The van der Waals surface area contributed by atoms with E-state index in [2.05, 4.69) is 25.6 Å². The Balaban J connectivity index is -0.000000960. The number of halogens is 1. The summed E-state index contributed by atoms with van der Waals surface area (Å²) in [6, 6.07) is 6.58. The summed E-state index contributed by atoms with van der Waals surface area (Å²) >= 11 is 6.20. The number of H-pyrrole nitrogens is 1. The minimum Gasteiger partial charge on any atom is -0.436 e. The molecule has 0 aliphatic rings. The SMILES string of the molecule is O.O.O.O.O.O=c1c2cccnc2oc2c(Cl)cc(-c3nn[nH]n3)cc12.[Na]. The summed E-state index contributed by atoms with van der Waals surface area (Å²) in [6.45, 7) is 0. The largest absolute Gasteiger partial charge is 0.436 e. The van der Waals surface area contributed by atoms with Gasteiger partial charge in [-0.3, -0.25) is 4.79 Å². The van der Waals surface area contributed by atoms with E-state index in [1.807, 2.05) is 0 Å². The third-order valence-corrected chi connectivity index (χ3v) is 3.39. The molecule has 1 radical (unpaired) electrons. The van der Waals surface area contributed by atoms with E-state index in [9.17, 15) is 4.79 Å². The van der Waals surface area contributed by atoms with Crippen molar-refractivity contribution in [2.45, 2.75) is 0 Å². The summed E-state index contributed by atoms with van der Waals surface area (Å²) in [5.74, 6) is 0.351. The second kappa shape index (κ2) is 11.7. The fourth-order valence-corrected chi connectivity index (χ4v) is 2.42. The molecule has 12 nitrogen and oxygen atoms in total. The summed E-state index contributed by atoms with van der Waals surface area (Å²) in [4.78, 5) is 16.6. The molecule has 4 aromatic rings. The van der Waals surface area contributed by atoms with E-state index in [4.69, 9.17) is 16.0 Å². The third-order valence-electron chi connectivity index (χ3n) is 3.11. The Morgan fingerprint density at radius 2 is 1.74 bits per heavy atom. The van der Waals surface area contributed by atoms with Gasteiger partial charge in [-0.1, -0.05) is 11.6 Å². The van der Waals surface area contributed by atoms with Gasteiger partial charge < -0.3 is 31.8 Å². The van der Waals surface area contributed by atoms with Crippen molar-refractivity contribution in [1.29, 1.82) is 0 Å². The normalized spacial score (nSPS) is 8.78. The van der Waals surface area contributed by atoms with Crippen LogP contribution in [0.3, 0.4) is 0 Å². The van der Waals surface area contributed by atoms with E-state index in [0.29, 0.717) is 27.7 Å². The zero-order chi connectivity index (χ0) is 14.4. The van der Waals surface area contributed by atoms with Gasteiger partial charge in [0.15, 0.2) is 5.58 Å². The molecule has 0 bridgehead atoms. The Morgan fingerprint density at radius 1 is 1.04 bits per heavy atom. The Bertz CT molecular complexity index is 1040. The molecular weight excluding hydrogens is 397 g/mol. The first kappa shape index (κ1) is 29.8. The minimum atomic E-state index is -0.202. The number of benzene rings is 1. The molecule has 14 heteroatoms. The van der Waals surface area contributed by atoms with E-state index >= 15 is 0 Å². The van der Waals surface area contributed by atoms with Gasteiger partial charge in [-0.25, -0.2) is 4.98 Å². The van der Waals surface area contributed by atoms with Crippen LogP contribution in [0.15, 0.2) is 39.7 Å². The number of aromatic amines is 1. The monoisotopic (exact) mass is 412 g/mol. The van der Waals surface area contributed by atoms with Crippen molar-refractivity contribution < 1.29 is 31.8 Å². The van der Waals surface area contributed by atoms with Crippen LogP contribution in [-0.4, -0.2) is 82.5 Å². The van der Waals surface area contributed by atoms with Crippen molar-refractivity contribution >= 4 is 63.2 Å². The van der Waals surface area contributed by atoms with Crippen LogP contribution in [-0.2, 0) is 0 Å². The molecule has 0 saturated carbocycles. The van der Waals surface area contributed by atoms with Crippen LogP contribution in [0.4, 0.5) is 0 Å². The summed E-state index contributed by atoms with van der Waals surface area (Å²) in [7, 11) is 0. The maximum absolute atomic E-state index is 12.5. The van der Waals surface area contributed by atoms with Crippen LogP contribution in [0.1, 0.15) is 0 Å². The maximum atomic E-state index is 12.5.